The number of aryl methyl sites for hydroxylation is 1. The molecule has 0 spiro atoms. The Bertz CT molecular complexity index is 542. The lowest BCUT2D eigenvalue weighted by molar-refractivity contribution is 0.641. The number of halogens is 1. The maximum absolute atomic E-state index is 3.60. The van der Waals surface area contributed by atoms with Crippen LogP contribution in [0.3, 0.4) is 0 Å². The van der Waals surface area contributed by atoms with Crippen molar-refractivity contribution >= 4 is 26.8 Å². The molecule has 1 aliphatic rings. The standard InChI is InChI=1S/C13H15BrN2/c1-2-8-5-9(14)6-10-11-7-15-4-3-12(11)16-13(8)10/h5-6,15-16H,2-4,7H2,1H3. The molecule has 1 aliphatic heterocycles. The van der Waals surface area contributed by atoms with Crippen molar-refractivity contribution in [1.82, 2.24) is 10.3 Å². The summed E-state index contributed by atoms with van der Waals surface area (Å²) in [5, 5.41) is 4.82. The van der Waals surface area contributed by atoms with Gasteiger partial charge in [-0.25, -0.2) is 0 Å². The molecule has 1 aromatic carbocycles. The highest BCUT2D eigenvalue weighted by Gasteiger charge is 2.16. The van der Waals surface area contributed by atoms with Crippen LogP contribution in [0, 0.1) is 0 Å². The molecule has 2 nitrogen and oxygen atoms in total. The molecule has 3 rings (SSSR count). The molecule has 2 heterocycles. The summed E-state index contributed by atoms with van der Waals surface area (Å²) >= 11 is 3.60. The van der Waals surface area contributed by atoms with Gasteiger partial charge in [0.05, 0.1) is 0 Å². The maximum Gasteiger partial charge on any atom is 0.0492 e. The van der Waals surface area contributed by atoms with Crippen molar-refractivity contribution in [3.63, 3.8) is 0 Å². The van der Waals surface area contributed by atoms with E-state index in [1.807, 2.05) is 0 Å². The minimum Gasteiger partial charge on any atom is -0.358 e. The highest BCUT2D eigenvalue weighted by atomic mass is 79.9. The third kappa shape index (κ3) is 1.50. The largest absolute Gasteiger partial charge is 0.358 e. The van der Waals surface area contributed by atoms with Crippen molar-refractivity contribution in [2.24, 2.45) is 0 Å². The van der Waals surface area contributed by atoms with Gasteiger partial charge in [-0.15, -0.1) is 0 Å². The van der Waals surface area contributed by atoms with E-state index in [4.69, 9.17) is 0 Å². The van der Waals surface area contributed by atoms with E-state index in [2.05, 4.69) is 45.3 Å². The lowest BCUT2D eigenvalue weighted by atomic mass is 10.0. The molecule has 0 aliphatic carbocycles. The molecule has 2 aromatic rings. The molecule has 0 bridgehead atoms. The van der Waals surface area contributed by atoms with Crippen LogP contribution in [0.5, 0.6) is 0 Å². The zero-order valence-corrected chi connectivity index (χ0v) is 10.9. The molecule has 0 fully saturated rings. The zero-order chi connectivity index (χ0) is 11.1. The van der Waals surface area contributed by atoms with Gasteiger partial charge in [-0.1, -0.05) is 22.9 Å². The minimum atomic E-state index is 0.995. The van der Waals surface area contributed by atoms with E-state index in [0.717, 1.165) is 25.9 Å². The number of fused-ring (bicyclic) bond motifs is 3. The van der Waals surface area contributed by atoms with Crippen LogP contribution in [0.15, 0.2) is 16.6 Å². The number of H-pyrrole nitrogens is 1. The first-order chi connectivity index (χ1) is 7.79. The first-order valence-electron chi connectivity index (χ1n) is 5.82. The van der Waals surface area contributed by atoms with Crippen molar-refractivity contribution in [3.05, 3.63) is 33.4 Å². The predicted octanol–water partition coefficient (Wildman–Crippen LogP) is 3.14. The van der Waals surface area contributed by atoms with Crippen LogP contribution >= 0.6 is 15.9 Å². The molecule has 0 unspecified atom stereocenters. The first kappa shape index (κ1) is 10.4. The number of benzene rings is 1. The molecular weight excluding hydrogens is 264 g/mol. The molecule has 2 N–H and O–H groups in total. The van der Waals surface area contributed by atoms with Crippen molar-refractivity contribution in [3.8, 4) is 0 Å². The lowest BCUT2D eigenvalue weighted by Crippen LogP contribution is -2.22. The number of aromatic amines is 1. The zero-order valence-electron chi connectivity index (χ0n) is 9.36. The molecule has 3 heteroatoms. The number of rotatable bonds is 1. The van der Waals surface area contributed by atoms with Crippen LogP contribution < -0.4 is 5.32 Å². The van der Waals surface area contributed by atoms with Crippen LogP contribution in [0.2, 0.25) is 0 Å². The molecule has 84 valence electrons. The van der Waals surface area contributed by atoms with Crippen LogP contribution in [0.1, 0.15) is 23.7 Å². The highest BCUT2D eigenvalue weighted by molar-refractivity contribution is 9.10. The van der Waals surface area contributed by atoms with Crippen LogP contribution in [-0.2, 0) is 19.4 Å². The SMILES string of the molecule is CCc1cc(Br)cc2c3c([nH]c12)CCNC3. The summed E-state index contributed by atoms with van der Waals surface area (Å²) in [5.41, 5.74) is 5.61. The van der Waals surface area contributed by atoms with E-state index in [-0.39, 0.29) is 0 Å². The van der Waals surface area contributed by atoms with Gasteiger partial charge in [0.15, 0.2) is 0 Å². The molecule has 0 saturated heterocycles. The molecule has 16 heavy (non-hydrogen) atoms. The van der Waals surface area contributed by atoms with Crippen molar-refractivity contribution in [2.45, 2.75) is 26.3 Å². The Balaban J connectivity index is 2.33. The third-order valence-corrected chi connectivity index (χ3v) is 3.84. The Kier molecular flexibility index (Phi) is 2.52. The fourth-order valence-electron chi connectivity index (χ4n) is 2.56. The number of aromatic nitrogens is 1. The number of nitrogens with one attached hydrogen (secondary N) is 2. The topological polar surface area (TPSA) is 27.8 Å². The molecule has 1 aromatic heterocycles. The molecule has 0 atom stereocenters. The molecule has 0 radical (unpaired) electrons. The predicted molar refractivity (Wildman–Crippen MR) is 70.8 cm³/mol. The third-order valence-electron chi connectivity index (χ3n) is 3.38. The monoisotopic (exact) mass is 278 g/mol. The summed E-state index contributed by atoms with van der Waals surface area (Å²) in [6, 6.07) is 4.45. The van der Waals surface area contributed by atoms with Gasteiger partial charge in [0.1, 0.15) is 0 Å². The van der Waals surface area contributed by atoms with Gasteiger partial charge in [0.2, 0.25) is 0 Å². The molecule has 0 saturated carbocycles. The number of hydrogen-bond acceptors (Lipinski definition) is 1. The quantitative estimate of drug-likeness (QED) is 0.824. The summed E-state index contributed by atoms with van der Waals surface area (Å²) in [4.78, 5) is 3.60. The average molecular weight is 279 g/mol. The van der Waals surface area contributed by atoms with Gasteiger partial charge >= 0.3 is 0 Å². The second kappa shape index (κ2) is 3.90. The van der Waals surface area contributed by atoms with Gasteiger partial charge < -0.3 is 10.3 Å². The summed E-state index contributed by atoms with van der Waals surface area (Å²) < 4.78 is 1.18. The van der Waals surface area contributed by atoms with Gasteiger partial charge in [-0.05, 0) is 29.7 Å². The molecular formula is C13H15BrN2. The van der Waals surface area contributed by atoms with Crippen molar-refractivity contribution in [1.29, 1.82) is 0 Å². The van der Waals surface area contributed by atoms with E-state index < -0.39 is 0 Å². The Hall–Kier alpha value is -0.800. The van der Waals surface area contributed by atoms with Crippen molar-refractivity contribution in [2.75, 3.05) is 6.54 Å². The summed E-state index contributed by atoms with van der Waals surface area (Å²) in [6.45, 7) is 4.29. The van der Waals surface area contributed by atoms with E-state index in [0.29, 0.717) is 0 Å². The fraction of sp³-hybridized carbons (Fsp3) is 0.385. The van der Waals surface area contributed by atoms with E-state index in [1.165, 1.54) is 32.2 Å². The Labute approximate surface area is 104 Å². The Morgan fingerprint density at radius 3 is 3.06 bits per heavy atom. The van der Waals surface area contributed by atoms with Gasteiger partial charge in [0, 0.05) is 40.6 Å². The van der Waals surface area contributed by atoms with E-state index in [9.17, 15) is 0 Å². The van der Waals surface area contributed by atoms with Crippen LogP contribution in [0.25, 0.3) is 10.9 Å². The Morgan fingerprint density at radius 2 is 2.25 bits per heavy atom. The first-order valence-corrected chi connectivity index (χ1v) is 6.61. The van der Waals surface area contributed by atoms with Crippen LogP contribution in [-0.4, -0.2) is 11.5 Å². The molecule has 0 amide bonds. The van der Waals surface area contributed by atoms with E-state index >= 15 is 0 Å². The second-order valence-electron chi connectivity index (χ2n) is 4.35. The maximum atomic E-state index is 3.60. The smallest absolute Gasteiger partial charge is 0.0492 e. The summed E-state index contributed by atoms with van der Waals surface area (Å²) in [6.07, 6.45) is 2.19. The fourth-order valence-corrected chi connectivity index (χ4v) is 3.06. The lowest BCUT2D eigenvalue weighted by Gasteiger charge is -2.12. The van der Waals surface area contributed by atoms with E-state index in [1.54, 1.807) is 0 Å². The van der Waals surface area contributed by atoms with Gasteiger partial charge in [0.25, 0.3) is 0 Å². The highest BCUT2D eigenvalue weighted by Crippen LogP contribution is 2.30. The van der Waals surface area contributed by atoms with Crippen molar-refractivity contribution < 1.29 is 0 Å². The van der Waals surface area contributed by atoms with Crippen LogP contribution in [0.4, 0.5) is 0 Å². The number of hydrogen-bond donors (Lipinski definition) is 2. The second-order valence-corrected chi connectivity index (χ2v) is 5.27. The Morgan fingerprint density at radius 1 is 1.38 bits per heavy atom. The summed E-state index contributed by atoms with van der Waals surface area (Å²) in [5.74, 6) is 0. The van der Waals surface area contributed by atoms with Gasteiger partial charge in [-0.3, -0.25) is 0 Å². The minimum absolute atomic E-state index is 0.995. The average Bonchev–Trinajstić information content (AvgIpc) is 2.67. The van der Waals surface area contributed by atoms with Gasteiger partial charge in [-0.2, -0.15) is 0 Å². The normalized spacial score (nSPS) is 15.4. The summed E-state index contributed by atoms with van der Waals surface area (Å²) in [7, 11) is 0.